The molecular weight excluding hydrogens is 295 g/mol. The molecule has 0 amide bonds. The topological polar surface area (TPSA) is 30.7 Å². The molecule has 0 spiro atoms. The normalized spacial score (nSPS) is 11.2. The van der Waals surface area contributed by atoms with Gasteiger partial charge >= 0.3 is 0 Å². The third kappa shape index (κ3) is 1.95. The lowest BCUT2D eigenvalue weighted by Crippen LogP contribution is -1.99. The number of halogens is 4. The lowest BCUT2D eigenvalue weighted by molar-refractivity contribution is 0.608. The molecule has 1 aromatic carbocycles. The lowest BCUT2D eigenvalue weighted by Gasteiger charge is -2.04. The second kappa shape index (κ2) is 4.43. The van der Waals surface area contributed by atoms with Gasteiger partial charge in [0.2, 0.25) is 0 Å². The maximum Gasteiger partial charge on any atom is 0.169 e. The molecule has 3 aromatic rings. The molecule has 3 rings (SSSR count). The molecule has 0 aliphatic heterocycles. The van der Waals surface area contributed by atoms with Crippen LogP contribution in [0.4, 0.5) is 8.78 Å². The predicted molar refractivity (Wildman–Crippen MR) is 68.8 cm³/mol. The van der Waals surface area contributed by atoms with Crippen molar-refractivity contribution in [2.75, 3.05) is 0 Å². The van der Waals surface area contributed by atoms with Crippen LogP contribution in [0.15, 0.2) is 30.6 Å². The number of aromatic nitrogens is 3. The largest absolute Gasteiger partial charge is 0.241 e. The summed E-state index contributed by atoms with van der Waals surface area (Å²) in [5, 5.41) is 4.51. The molecule has 0 unspecified atom stereocenters. The Morgan fingerprint density at radius 2 is 1.89 bits per heavy atom. The number of pyridine rings is 1. The van der Waals surface area contributed by atoms with Gasteiger partial charge in [0, 0.05) is 6.20 Å². The minimum Gasteiger partial charge on any atom is -0.241 e. The molecule has 96 valence electrons. The zero-order valence-electron chi connectivity index (χ0n) is 9.24. The Balaban J connectivity index is 2.33. The van der Waals surface area contributed by atoms with Crippen molar-refractivity contribution in [2.45, 2.75) is 0 Å². The molecule has 0 bridgehead atoms. The number of hydrogen-bond acceptors (Lipinski definition) is 2. The highest BCUT2D eigenvalue weighted by Gasteiger charge is 2.15. The standard InChI is InChI=1S/C12H5Cl2F2N3/c13-7-2-1-3-8(15)11(7)19-5-6-10(18-19)9(16)4-17-12(6)14/h1-5H. The van der Waals surface area contributed by atoms with Gasteiger partial charge in [0.15, 0.2) is 5.82 Å². The number of rotatable bonds is 1. The van der Waals surface area contributed by atoms with Crippen LogP contribution in [-0.4, -0.2) is 14.8 Å². The van der Waals surface area contributed by atoms with Gasteiger partial charge in [0.05, 0.1) is 16.6 Å². The fourth-order valence-corrected chi connectivity index (χ4v) is 2.20. The van der Waals surface area contributed by atoms with Gasteiger partial charge in [-0.05, 0) is 12.1 Å². The molecule has 2 heterocycles. The molecule has 0 saturated carbocycles. The Morgan fingerprint density at radius 3 is 2.58 bits per heavy atom. The van der Waals surface area contributed by atoms with Crippen molar-refractivity contribution in [1.82, 2.24) is 14.8 Å². The van der Waals surface area contributed by atoms with Crippen LogP contribution < -0.4 is 0 Å². The number of para-hydroxylation sites is 1. The highest BCUT2D eigenvalue weighted by atomic mass is 35.5. The van der Waals surface area contributed by atoms with Gasteiger partial charge in [-0.25, -0.2) is 18.4 Å². The summed E-state index contributed by atoms with van der Waals surface area (Å²) in [7, 11) is 0. The van der Waals surface area contributed by atoms with Crippen molar-refractivity contribution in [1.29, 1.82) is 0 Å². The van der Waals surface area contributed by atoms with Crippen molar-refractivity contribution in [3.8, 4) is 5.69 Å². The molecular formula is C12H5Cl2F2N3. The van der Waals surface area contributed by atoms with E-state index in [2.05, 4.69) is 10.1 Å². The van der Waals surface area contributed by atoms with Gasteiger partial charge in [0.1, 0.15) is 22.2 Å². The Labute approximate surface area is 116 Å². The van der Waals surface area contributed by atoms with Crippen LogP contribution in [0.2, 0.25) is 10.2 Å². The van der Waals surface area contributed by atoms with Crippen LogP contribution >= 0.6 is 23.2 Å². The van der Waals surface area contributed by atoms with E-state index in [-0.39, 0.29) is 21.4 Å². The number of benzene rings is 1. The van der Waals surface area contributed by atoms with E-state index in [1.165, 1.54) is 24.4 Å². The molecule has 19 heavy (non-hydrogen) atoms. The smallest absolute Gasteiger partial charge is 0.169 e. The molecule has 0 saturated heterocycles. The molecule has 0 aliphatic carbocycles. The van der Waals surface area contributed by atoms with E-state index < -0.39 is 11.6 Å². The number of hydrogen-bond donors (Lipinski definition) is 0. The summed E-state index contributed by atoms with van der Waals surface area (Å²) in [6, 6.07) is 4.23. The molecule has 0 aliphatic rings. The molecule has 0 atom stereocenters. The van der Waals surface area contributed by atoms with E-state index in [1.54, 1.807) is 0 Å². The maximum absolute atomic E-state index is 13.8. The highest BCUT2D eigenvalue weighted by molar-refractivity contribution is 6.34. The first-order chi connectivity index (χ1) is 9.08. The van der Waals surface area contributed by atoms with Crippen LogP contribution in [-0.2, 0) is 0 Å². The molecule has 0 fully saturated rings. The van der Waals surface area contributed by atoms with Crippen molar-refractivity contribution in [3.05, 3.63) is 52.4 Å². The zero-order chi connectivity index (χ0) is 13.6. The summed E-state index contributed by atoms with van der Waals surface area (Å²) < 4.78 is 28.5. The highest BCUT2D eigenvalue weighted by Crippen LogP contribution is 2.27. The van der Waals surface area contributed by atoms with Gasteiger partial charge in [-0.1, -0.05) is 29.3 Å². The third-order valence-corrected chi connectivity index (χ3v) is 3.23. The average molecular weight is 300 g/mol. The fourth-order valence-electron chi connectivity index (χ4n) is 1.77. The SMILES string of the molecule is Fc1cccc(Cl)c1-n1cc2c(Cl)ncc(F)c2n1. The summed E-state index contributed by atoms with van der Waals surface area (Å²) in [6.07, 6.45) is 2.35. The summed E-state index contributed by atoms with van der Waals surface area (Å²) in [4.78, 5) is 3.67. The van der Waals surface area contributed by atoms with E-state index in [0.29, 0.717) is 5.39 Å². The fraction of sp³-hybridized carbons (Fsp3) is 0. The Kier molecular flexibility index (Phi) is 2.88. The van der Waals surface area contributed by atoms with E-state index in [0.717, 1.165) is 10.9 Å². The van der Waals surface area contributed by atoms with Crippen LogP contribution in [0.5, 0.6) is 0 Å². The molecule has 2 aromatic heterocycles. The Hall–Kier alpha value is -1.72. The third-order valence-electron chi connectivity index (χ3n) is 2.62. The summed E-state index contributed by atoms with van der Waals surface area (Å²) in [6.45, 7) is 0. The first-order valence-electron chi connectivity index (χ1n) is 5.21. The van der Waals surface area contributed by atoms with Crippen LogP contribution in [0.25, 0.3) is 16.6 Å². The van der Waals surface area contributed by atoms with Gasteiger partial charge < -0.3 is 0 Å². The monoisotopic (exact) mass is 299 g/mol. The van der Waals surface area contributed by atoms with E-state index in [1.807, 2.05) is 0 Å². The van der Waals surface area contributed by atoms with Crippen molar-refractivity contribution in [3.63, 3.8) is 0 Å². The first kappa shape index (κ1) is 12.3. The van der Waals surface area contributed by atoms with Crippen molar-refractivity contribution < 1.29 is 8.78 Å². The Bertz CT molecular complexity index is 727. The van der Waals surface area contributed by atoms with Crippen molar-refractivity contribution in [2.24, 2.45) is 0 Å². The Morgan fingerprint density at radius 1 is 1.11 bits per heavy atom. The second-order valence-electron chi connectivity index (χ2n) is 3.80. The summed E-state index contributed by atoms with van der Waals surface area (Å²) in [5.41, 5.74) is 0.0511. The van der Waals surface area contributed by atoms with E-state index >= 15 is 0 Å². The lowest BCUT2D eigenvalue weighted by atomic mass is 10.3. The minimum absolute atomic E-state index is 0.0133. The zero-order valence-corrected chi connectivity index (χ0v) is 10.8. The van der Waals surface area contributed by atoms with Gasteiger partial charge in [-0.3, -0.25) is 0 Å². The average Bonchev–Trinajstić information content (AvgIpc) is 2.80. The second-order valence-corrected chi connectivity index (χ2v) is 4.57. The molecule has 0 N–H and O–H groups in total. The van der Waals surface area contributed by atoms with Crippen LogP contribution in [0.1, 0.15) is 0 Å². The minimum atomic E-state index is -0.634. The molecule has 3 nitrogen and oxygen atoms in total. The summed E-state index contributed by atoms with van der Waals surface area (Å²) in [5.74, 6) is -1.20. The number of nitrogens with zero attached hydrogens (tertiary/aromatic N) is 3. The first-order valence-corrected chi connectivity index (χ1v) is 5.97. The van der Waals surface area contributed by atoms with Gasteiger partial charge in [0.25, 0.3) is 0 Å². The quantitative estimate of drug-likeness (QED) is 0.636. The van der Waals surface area contributed by atoms with Crippen LogP contribution in [0.3, 0.4) is 0 Å². The number of fused-ring (bicyclic) bond motifs is 1. The molecule has 0 radical (unpaired) electrons. The van der Waals surface area contributed by atoms with E-state index in [9.17, 15) is 8.78 Å². The predicted octanol–water partition coefficient (Wildman–Crippen LogP) is 4.01. The maximum atomic E-state index is 13.8. The van der Waals surface area contributed by atoms with Gasteiger partial charge in [-0.2, -0.15) is 5.10 Å². The van der Waals surface area contributed by atoms with Gasteiger partial charge in [-0.15, -0.1) is 0 Å². The van der Waals surface area contributed by atoms with Crippen molar-refractivity contribution >= 4 is 34.1 Å². The van der Waals surface area contributed by atoms with E-state index in [4.69, 9.17) is 23.2 Å². The molecule has 7 heteroatoms. The van der Waals surface area contributed by atoms with Crippen LogP contribution in [0, 0.1) is 11.6 Å². The summed E-state index contributed by atoms with van der Waals surface area (Å²) >= 11 is 11.8.